The van der Waals surface area contributed by atoms with E-state index in [4.69, 9.17) is 0 Å². The fraction of sp³-hybridized carbons (Fsp3) is 0.278. The van der Waals surface area contributed by atoms with E-state index in [2.05, 4.69) is 10.3 Å². The maximum atomic E-state index is 12.4. The van der Waals surface area contributed by atoms with E-state index in [1.54, 1.807) is 29.4 Å². The summed E-state index contributed by atoms with van der Waals surface area (Å²) in [6.07, 6.45) is 4.60. The van der Waals surface area contributed by atoms with Gasteiger partial charge in [0.15, 0.2) is 0 Å². The molecule has 1 saturated heterocycles. The van der Waals surface area contributed by atoms with Crippen LogP contribution in [0, 0.1) is 5.92 Å². The van der Waals surface area contributed by atoms with E-state index in [1.807, 2.05) is 30.3 Å². The average Bonchev–Trinajstić information content (AvgIpc) is 2.63. The van der Waals surface area contributed by atoms with Crippen LogP contribution in [0.15, 0.2) is 54.9 Å². The number of hydrogen-bond donors (Lipinski definition) is 1. The van der Waals surface area contributed by atoms with Gasteiger partial charge in [0.2, 0.25) is 5.91 Å². The molecule has 0 unspecified atom stereocenters. The second-order valence-electron chi connectivity index (χ2n) is 5.66. The van der Waals surface area contributed by atoms with Crippen LogP contribution >= 0.6 is 0 Å². The van der Waals surface area contributed by atoms with Crippen molar-refractivity contribution in [2.75, 3.05) is 18.4 Å². The van der Waals surface area contributed by atoms with Crippen LogP contribution in [0.3, 0.4) is 0 Å². The molecule has 23 heavy (non-hydrogen) atoms. The lowest BCUT2D eigenvalue weighted by Gasteiger charge is -2.31. The number of para-hydroxylation sites is 1. The van der Waals surface area contributed by atoms with Gasteiger partial charge >= 0.3 is 0 Å². The van der Waals surface area contributed by atoms with E-state index in [0.717, 1.165) is 5.69 Å². The van der Waals surface area contributed by atoms with Gasteiger partial charge in [-0.15, -0.1) is 0 Å². The highest BCUT2D eigenvalue weighted by atomic mass is 16.2. The summed E-state index contributed by atoms with van der Waals surface area (Å²) in [7, 11) is 0. The topological polar surface area (TPSA) is 62.3 Å². The highest BCUT2D eigenvalue weighted by molar-refractivity contribution is 5.95. The van der Waals surface area contributed by atoms with Crippen LogP contribution in [0.4, 0.5) is 5.69 Å². The van der Waals surface area contributed by atoms with Gasteiger partial charge in [-0.3, -0.25) is 14.6 Å². The minimum atomic E-state index is -0.0480. The molecular formula is C18H19N3O2. The third-order valence-corrected chi connectivity index (χ3v) is 4.10. The lowest BCUT2D eigenvalue weighted by atomic mass is 9.95. The first-order chi connectivity index (χ1) is 11.2. The van der Waals surface area contributed by atoms with Crippen LogP contribution in [0.5, 0.6) is 0 Å². The summed E-state index contributed by atoms with van der Waals surface area (Å²) in [4.78, 5) is 30.4. The van der Waals surface area contributed by atoms with Gasteiger partial charge < -0.3 is 10.2 Å². The summed E-state index contributed by atoms with van der Waals surface area (Å²) < 4.78 is 0. The standard InChI is InChI=1S/C18H19N3O2/c22-17(20-16-6-2-1-3-7-16)14-8-11-21(12-9-14)18(23)15-5-4-10-19-13-15/h1-7,10,13-14H,8-9,11-12H2,(H,20,22). The number of carbonyl (C=O) groups is 2. The molecule has 0 aliphatic carbocycles. The van der Waals surface area contributed by atoms with E-state index in [1.165, 1.54) is 0 Å². The van der Waals surface area contributed by atoms with Crippen molar-refractivity contribution in [3.8, 4) is 0 Å². The second kappa shape index (κ2) is 7.05. The van der Waals surface area contributed by atoms with E-state index < -0.39 is 0 Å². The first kappa shape index (κ1) is 15.2. The monoisotopic (exact) mass is 309 g/mol. The predicted molar refractivity (Wildman–Crippen MR) is 87.9 cm³/mol. The number of rotatable bonds is 3. The molecule has 3 rings (SSSR count). The molecule has 0 bridgehead atoms. The number of hydrogen-bond acceptors (Lipinski definition) is 3. The highest BCUT2D eigenvalue weighted by Crippen LogP contribution is 2.20. The molecular weight excluding hydrogens is 290 g/mol. The van der Waals surface area contributed by atoms with Crippen molar-refractivity contribution in [2.24, 2.45) is 5.92 Å². The van der Waals surface area contributed by atoms with Gasteiger partial charge in [-0.05, 0) is 37.1 Å². The van der Waals surface area contributed by atoms with E-state index in [0.29, 0.717) is 31.5 Å². The van der Waals surface area contributed by atoms with Gasteiger partial charge in [-0.1, -0.05) is 18.2 Å². The normalized spacial score (nSPS) is 15.2. The van der Waals surface area contributed by atoms with Crippen LogP contribution in [0.1, 0.15) is 23.2 Å². The van der Waals surface area contributed by atoms with E-state index in [-0.39, 0.29) is 17.7 Å². The van der Waals surface area contributed by atoms with Crippen LogP contribution in [-0.2, 0) is 4.79 Å². The van der Waals surface area contributed by atoms with Gasteiger partial charge in [0, 0.05) is 37.1 Å². The van der Waals surface area contributed by atoms with Crippen molar-refractivity contribution in [3.05, 3.63) is 60.4 Å². The minimum absolute atomic E-state index is 0.0139. The third kappa shape index (κ3) is 3.74. The van der Waals surface area contributed by atoms with Crippen LogP contribution in [0.25, 0.3) is 0 Å². The van der Waals surface area contributed by atoms with Crippen molar-refractivity contribution in [2.45, 2.75) is 12.8 Å². The summed E-state index contributed by atoms with van der Waals surface area (Å²) in [5, 5.41) is 2.93. The van der Waals surface area contributed by atoms with Crippen molar-refractivity contribution in [1.82, 2.24) is 9.88 Å². The molecule has 0 radical (unpaired) electrons. The zero-order valence-electron chi connectivity index (χ0n) is 12.8. The molecule has 1 aliphatic rings. The van der Waals surface area contributed by atoms with Gasteiger partial charge in [0.25, 0.3) is 5.91 Å². The number of nitrogens with zero attached hydrogens (tertiary/aromatic N) is 2. The maximum absolute atomic E-state index is 12.4. The SMILES string of the molecule is O=C(Nc1ccccc1)C1CCN(C(=O)c2cccnc2)CC1. The predicted octanol–water partition coefficient (Wildman–Crippen LogP) is 2.57. The number of amides is 2. The number of aromatic nitrogens is 1. The molecule has 2 aromatic rings. The summed E-state index contributed by atoms with van der Waals surface area (Å²) in [6, 6.07) is 13.0. The summed E-state index contributed by atoms with van der Waals surface area (Å²) in [5.74, 6) is -0.0298. The Kier molecular flexibility index (Phi) is 4.66. The summed E-state index contributed by atoms with van der Waals surface area (Å²) >= 11 is 0. The Balaban J connectivity index is 1.54. The van der Waals surface area contributed by atoms with Crippen LogP contribution in [-0.4, -0.2) is 34.8 Å². The van der Waals surface area contributed by atoms with Gasteiger partial charge in [0.1, 0.15) is 0 Å². The Labute approximate surface area is 135 Å². The van der Waals surface area contributed by atoms with Crippen LogP contribution < -0.4 is 5.32 Å². The number of nitrogens with one attached hydrogen (secondary N) is 1. The fourth-order valence-electron chi connectivity index (χ4n) is 2.78. The molecule has 0 spiro atoms. The van der Waals surface area contributed by atoms with Crippen molar-refractivity contribution < 1.29 is 9.59 Å². The molecule has 0 saturated carbocycles. The molecule has 1 fully saturated rings. The zero-order valence-corrected chi connectivity index (χ0v) is 12.8. The summed E-state index contributed by atoms with van der Waals surface area (Å²) in [6.45, 7) is 1.20. The van der Waals surface area contributed by atoms with Crippen molar-refractivity contribution in [3.63, 3.8) is 0 Å². The molecule has 2 heterocycles. The maximum Gasteiger partial charge on any atom is 0.255 e. The number of piperidine rings is 1. The number of benzene rings is 1. The largest absolute Gasteiger partial charge is 0.339 e. The Morgan fingerprint density at radius 1 is 1.04 bits per heavy atom. The molecule has 1 aliphatic heterocycles. The molecule has 1 aromatic carbocycles. The first-order valence-electron chi connectivity index (χ1n) is 7.79. The molecule has 5 heteroatoms. The van der Waals surface area contributed by atoms with Gasteiger partial charge in [-0.2, -0.15) is 0 Å². The van der Waals surface area contributed by atoms with Crippen molar-refractivity contribution in [1.29, 1.82) is 0 Å². The lowest BCUT2D eigenvalue weighted by molar-refractivity contribution is -0.121. The molecule has 1 N–H and O–H groups in total. The Morgan fingerprint density at radius 3 is 2.43 bits per heavy atom. The fourth-order valence-corrected chi connectivity index (χ4v) is 2.78. The Bertz CT molecular complexity index is 665. The highest BCUT2D eigenvalue weighted by Gasteiger charge is 2.27. The zero-order chi connectivity index (χ0) is 16.1. The second-order valence-corrected chi connectivity index (χ2v) is 5.66. The van der Waals surface area contributed by atoms with E-state index in [9.17, 15) is 9.59 Å². The number of anilines is 1. The molecule has 118 valence electrons. The average molecular weight is 309 g/mol. The smallest absolute Gasteiger partial charge is 0.255 e. The van der Waals surface area contributed by atoms with Crippen molar-refractivity contribution >= 4 is 17.5 Å². The molecule has 2 amide bonds. The lowest BCUT2D eigenvalue weighted by Crippen LogP contribution is -2.41. The first-order valence-corrected chi connectivity index (χ1v) is 7.79. The minimum Gasteiger partial charge on any atom is -0.339 e. The number of carbonyl (C=O) groups excluding carboxylic acids is 2. The Hall–Kier alpha value is -2.69. The molecule has 1 aromatic heterocycles. The quantitative estimate of drug-likeness (QED) is 0.948. The van der Waals surface area contributed by atoms with E-state index >= 15 is 0 Å². The van der Waals surface area contributed by atoms with Crippen LogP contribution in [0.2, 0.25) is 0 Å². The third-order valence-electron chi connectivity index (χ3n) is 4.10. The number of likely N-dealkylation sites (tertiary alicyclic amines) is 1. The molecule has 5 nitrogen and oxygen atoms in total. The number of pyridine rings is 1. The van der Waals surface area contributed by atoms with Gasteiger partial charge in [0.05, 0.1) is 5.56 Å². The van der Waals surface area contributed by atoms with Gasteiger partial charge in [-0.25, -0.2) is 0 Å². The summed E-state index contributed by atoms with van der Waals surface area (Å²) in [5.41, 5.74) is 1.41. The molecule has 0 atom stereocenters. The Morgan fingerprint density at radius 2 is 1.78 bits per heavy atom.